The van der Waals surface area contributed by atoms with E-state index in [-0.39, 0.29) is 25.7 Å². The number of fused-ring (bicyclic) bond motifs is 6. The van der Waals surface area contributed by atoms with Gasteiger partial charge in [-0.2, -0.15) is 0 Å². The van der Waals surface area contributed by atoms with Crippen molar-refractivity contribution in [2.45, 2.75) is 33.0 Å². The number of nitrogens with zero attached hydrogens (tertiary/aromatic N) is 4. The van der Waals surface area contributed by atoms with E-state index in [2.05, 4.69) is 144 Å². The van der Waals surface area contributed by atoms with Crippen molar-refractivity contribution in [1.82, 2.24) is 19.5 Å². The third-order valence-corrected chi connectivity index (χ3v) is 14.6. The summed E-state index contributed by atoms with van der Waals surface area (Å²) in [5.41, 5.74) is 13.5. The summed E-state index contributed by atoms with van der Waals surface area (Å²) in [5.74, 6) is 0.748. The monoisotopic (exact) mass is 1090 g/mol. The Labute approximate surface area is 421 Å². The van der Waals surface area contributed by atoms with Gasteiger partial charge in [-0.05, 0) is 63.1 Å². The summed E-state index contributed by atoms with van der Waals surface area (Å²) >= 11 is 0. The molecule has 12 rings (SSSR count). The van der Waals surface area contributed by atoms with Crippen LogP contribution < -0.4 is 5.19 Å². The summed E-state index contributed by atoms with van der Waals surface area (Å²) in [6.07, 6.45) is 2.02. The molecule has 0 amide bonds. The number of aromatic nitrogens is 4. The second-order valence-corrected chi connectivity index (χ2v) is 23.1. The molecule has 0 N–H and O–H groups in total. The standard InChI is InChI=1S/C48H32N3O.C14H16NSi.Ir/c1-31-26-28-34(29-27-31)45-38-19-9-8-18-37(38)44-39-22-13-23-40(46(39)52-48(44)50-45)47-49-42-24-10-11-25-43(42)51(47)30-41-35(32-14-4-2-5-15-32)20-12-21-36(41)33-16-6-3-7-17-33;1-16(2,3)13-9-10-14(15-11-13)12-7-5-4-6-8-12;/h2-22,24-29H,30H2,1H3;4-7,9-11H,1-3H3;/q2*-1;/i1D3;;. The summed E-state index contributed by atoms with van der Waals surface area (Å²) in [7, 11) is -1.23. The third kappa shape index (κ3) is 8.89. The summed E-state index contributed by atoms with van der Waals surface area (Å²) in [6, 6.07) is 73.9. The molecule has 0 bridgehead atoms. The second kappa shape index (κ2) is 19.2. The molecule has 0 spiro atoms. The summed E-state index contributed by atoms with van der Waals surface area (Å²) in [4.78, 5) is 14.9. The molecule has 0 unspecified atom stereocenters. The molecule has 0 aliphatic heterocycles. The van der Waals surface area contributed by atoms with Gasteiger partial charge in [0.15, 0.2) is 0 Å². The van der Waals surface area contributed by atoms with Gasteiger partial charge in [-0.1, -0.05) is 188 Å². The van der Waals surface area contributed by atoms with Crippen molar-refractivity contribution in [1.29, 1.82) is 0 Å². The zero-order chi connectivity index (χ0) is 48.7. The number of pyridine rings is 2. The number of imidazole rings is 1. The predicted octanol–water partition coefficient (Wildman–Crippen LogP) is 15.4. The Balaban J connectivity index is 0.000000300. The van der Waals surface area contributed by atoms with Crippen LogP contribution in [0.15, 0.2) is 211 Å². The first kappa shape index (κ1) is 41.6. The number of para-hydroxylation sites is 2. The summed E-state index contributed by atoms with van der Waals surface area (Å²) in [6.45, 7) is 5.36. The number of hydrogen-bond acceptors (Lipinski definition) is 4. The molecular weight excluding hydrogens is 1040 g/mol. The van der Waals surface area contributed by atoms with E-state index < -0.39 is 14.9 Å². The first-order chi connectivity index (χ1) is 34.5. The molecule has 7 heteroatoms. The smallest absolute Gasteiger partial charge is 0.217 e. The van der Waals surface area contributed by atoms with Crippen molar-refractivity contribution < 1.29 is 28.6 Å². The van der Waals surface area contributed by atoms with Gasteiger partial charge in [0.05, 0.1) is 36.2 Å². The van der Waals surface area contributed by atoms with Crippen LogP contribution in [0.3, 0.4) is 0 Å². The van der Waals surface area contributed by atoms with E-state index in [1.807, 2.05) is 91.1 Å². The average molecular weight is 1090 g/mol. The zero-order valence-corrected chi connectivity index (χ0v) is 41.8. The molecule has 0 aliphatic rings. The van der Waals surface area contributed by atoms with E-state index in [4.69, 9.17) is 18.5 Å². The molecular formula is C62H48IrN4OSi-2. The topological polar surface area (TPSA) is 56.7 Å². The molecule has 0 atom stereocenters. The predicted molar refractivity (Wildman–Crippen MR) is 285 cm³/mol. The van der Waals surface area contributed by atoms with E-state index in [9.17, 15) is 0 Å². The molecule has 4 aromatic heterocycles. The van der Waals surface area contributed by atoms with E-state index in [0.29, 0.717) is 17.8 Å². The maximum absolute atomic E-state index is 7.85. The number of rotatable bonds is 8. The molecule has 8 aromatic carbocycles. The quantitative estimate of drug-likeness (QED) is 0.112. The van der Waals surface area contributed by atoms with Gasteiger partial charge in [0.1, 0.15) is 0 Å². The fourth-order valence-corrected chi connectivity index (χ4v) is 10.2. The van der Waals surface area contributed by atoms with E-state index in [1.54, 1.807) is 12.1 Å². The van der Waals surface area contributed by atoms with Gasteiger partial charge in [0, 0.05) is 53.3 Å². The van der Waals surface area contributed by atoms with E-state index in [0.717, 1.165) is 88.7 Å². The van der Waals surface area contributed by atoms with Crippen LogP contribution >= 0.6 is 0 Å². The van der Waals surface area contributed by atoms with Crippen LogP contribution in [0.4, 0.5) is 0 Å². The van der Waals surface area contributed by atoms with Crippen molar-refractivity contribution in [3.63, 3.8) is 0 Å². The molecule has 12 aromatic rings. The van der Waals surface area contributed by atoms with Gasteiger partial charge >= 0.3 is 0 Å². The average Bonchev–Trinajstić information content (AvgIpc) is 3.97. The second-order valence-electron chi connectivity index (χ2n) is 18.0. The van der Waals surface area contributed by atoms with Crippen molar-refractivity contribution in [2.75, 3.05) is 0 Å². The minimum Gasteiger partial charge on any atom is -0.486 e. The normalized spacial score (nSPS) is 12.2. The fraction of sp³-hybridized carbons (Fsp3) is 0.0806. The van der Waals surface area contributed by atoms with Crippen molar-refractivity contribution in [3.05, 3.63) is 230 Å². The summed E-state index contributed by atoms with van der Waals surface area (Å²) < 4.78 is 32.6. The van der Waals surface area contributed by atoms with Crippen molar-refractivity contribution in [2.24, 2.45) is 0 Å². The molecule has 0 aliphatic carbocycles. The van der Waals surface area contributed by atoms with E-state index >= 15 is 0 Å². The third-order valence-electron chi connectivity index (χ3n) is 12.6. The first-order valence-electron chi connectivity index (χ1n) is 24.4. The number of benzene rings is 8. The van der Waals surface area contributed by atoms with Gasteiger partial charge in [-0.15, -0.1) is 54.1 Å². The van der Waals surface area contributed by atoms with Crippen LogP contribution in [0.25, 0.3) is 100 Å². The molecule has 4 heterocycles. The minimum atomic E-state index is -2.19. The zero-order valence-electron chi connectivity index (χ0n) is 41.4. The van der Waals surface area contributed by atoms with E-state index in [1.165, 1.54) is 10.8 Å². The van der Waals surface area contributed by atoms with Crippen LogP contribution in [0.1, 0.15) is 15.2 Å². The molecule has 69 heavy (non-hydrogen) atoms. The SMILES string of the molecule is C[Si](C)(C)c1ccc(-c2[c-]cccc2)nc1.[2H]C([2H])([2H])c1ccc(-c2nc3oc4c(-c5nc6ccccc6n5Cc5c(-c6ccccc6)cccc5-c5ccccc5)[c-]ccc4c3c3ccccc23)cc1.[Ir]. The Morgan fingerprint density at radius 2 is 1.28 bits per heavy atom. The molecule has 1 radical (unpaired) electrons. The van der Waals surface area contributed by atoms with Crippen molar-refractivity contribution in [3.8, 4) is 56.2 Å². The van der Waals surface area contributed by atoms with Gasteiger partial charge in [0.2, 0.25) is 5.71 Å². The van der Waals surface area contributed by atoms with Crippen LogP contribution in [-0.4, -0.2) is 27.6 Å². The molecule has 337 valence electrons. The Morgan fingerprint density at radius 3 is 1.94 bits per heavy atom. The molecule has 5 nitrogen and oxygen atoms in total. The molecule has 0 fully saturated rings. The van der Waals surface area contributed by atoms with Crippen LogP contribution in [0.5, 0.6) is 0 Å². The maximum Gasteiger partial charge on any atom is 0.217 e. The van der Waals surface area contributed by atoms with Gasteiger partial charge in [-0.3, -0.25) is 4.98 Å². The Kier molecular flexibility index (Phi) is 11.6. The Morgan fingerprint density at radius 1 is 0.594 bits per heavy atom. The summed E-state index contributed by atoms with van der Waals surface area (Å²) in [5, 5.41) is 5.17. The van der Waals surface area contributed by atoms with Crippen LogP contribution in [0.2, 0.25) is 19.6 Å². The van der Waals surface area contributed by atoms with Gasteiger partial charge in [0.25, 0.3) is 0 Å². The van der Waals surface area contributed by atoms with Crippen LogP contribution in [-0.2, 0) is 26.7 Å². The minimum absolute atomic E-state index is 0. The van der Waals surface area contributed by atoms with Crippen LogP contribution in [0, 0.1) is 19.0 Å². The largest absolute Gasteiger partial charge is 0.486 e. The molecule has 0 saturated heterocycles. The van der Waals surface area contributed by atoms with Gasteiger partial charge in [-0.25, -0.2) is 4.98 Å². The van der Waals surface area contributed by atoms with Gasteiger partial charge < -0.3 is 14.0 Å². The maximum atomic E-state index is 7.85. The molecule has 0 saturated carbocycles. The number of hydrogen-bond donors (Lipinski definition) is 0. The Hall–Kier alpha value is -7.54. The number of furan rings is 1. The van der Waals surface area contributed by atoms with Crippen molar-refractivity contribution >= 4 is 57.1 Å². The fourth-order valence-electron chi connectivity index (χ4n) is 9.14. The Bertz CT molecular complexity index is 3800. The first-order valence-corrected chi connectivity index (χ1v) is 26.4. The number of aryl methyl sites for hydroxylation is 1.